The van der Waals surface area contributed by atoms with E-state index in [2.05, 4.69) is 29.0 Å². The molecule has 0 saturated carbocycles. The number of benzene rings is 1. The van der Waals surface area contributed by atoms with Crippen molar-refractivity contribution in [2.24, 2.45) is 0 Å². The van der Waals surface area contributed by atoms with E-state index in [0.29, 0.717) is 6.04 Å². The lowest BCUT2D eigenvalue weighted by molar-refractivity contribution is 0.219. The van der Waals surface area contributed by atoms with Gasteiger partial charge in [-0.3, -0.25) is 0 Å². The van der Waals surface area contributed by atoms with Crippen LogP contribution in [0.1, 0.15) is 6.42 Å². The van der Waals surface area contributed by atoms with Crippen LogP contribution in [0.2, 0.25) is 5.02 Å². The second-order valence-electron chi connectivity index (χ2n) is 4.60. The minimum atomic E-state index is 0.239. The average molecular weight is 255 g/mol. The highest BCUT2D eigenvalue weighted by Gasteiger charge is 2.24. The smallest absolute Gasteiger partial charge is 0.0451 e. The van der Waals surface area contributed by atoms with Gasteiger partial charge in [0.2, 0.25) is 0 Å². The predicted molar refractivity (Wildman–Crippen MR) is 71.8 cm³/mol. The van der Waals surface area contributed by atoms with Crippen LogP contribution in [0.25, 0.3) is 0 Å². The van der Waals surface area contributed by atoms with Gasteiger partial charge in [-0.05, 0) is 37.7 Å². The Morgan fingerprint density at radius 2 is 2.00 bits per heavy atom. The van der Waals surface area contributed by atoms with Crippen LogP contribution in [0.3, 0.4) is 0 Å². The molecule has 0 bridgehead atoms. The molecule has 0 radical (unpaired) electrons. The summed E-state index contributed by atoms with van der Waals surface area (Å²) in [5, 5.41) is 9.91. The minimum absolute atomic E-state index is 0.239. The summed E-state index contributed by atoms with van der Waals surface area (Å²) in [4.78, 5) is 4.68. The van der Waals surface area contributed by atoms with E-state index in [1.165, 1.54) is 5.69 Å². The van der Waals surface area contributed by atoms with E-state index < -0.39 is 0 Å². The number of nitrogens with zero attached hydrogens (tertiary/aromatic N) is 2. The summed E-state index contributed by atoms with van der Waals surface area (Å²) in [6, 6.07) is 8.34. The van der Waals surface area contributed by atoms with Gasteiger partial charge in [0.25, 0.3) is 0 Å². The van der Waals surface area contributed by atoms with Crippen molar-refractivity contribution >= 4 is 17.3 Å². The zero-order valence-corrected chi connectivity index (χ0v) is 10.9. The third-order valence-electron chi connectivity index (χ3n) is 3.31. The molecule has 1 N–H and O–H groups in total. The van der Waals surface area contributed by atoms with Gasteiger partial charge in [-0.15, -0.1) is 0 Å². The van der Waals surface area contributed by atoms with Crippen molar-refractivity contribution in [1.29, 1.82) is 0 Å². The Kier molecular flexibility index (Phi) is 4.26. The molecular weight excluding hydrogens is 236 g/mol. The maximum Gasteiger partial charge on any atom is 0.0451 e. The minimum Gasteiger partial charge on any atom is -0.396 e. The summed E-state index contributed by atoms with van der Waals surface area (Å²) >= 11 is 5.90. The summed E-state index contributed by atoms with van der Waals surface area (Å²) < 4.78 is 0. The van der Waals surface area contributed by atoms with Crippen LogP contribution >= 0.6 is 11.6 Å². The van der Waals surface area contributed by atoms with Crippen molar-refractivity contribution in [2.45, 2.75) is 12.5 Å². The van der Waals surface area contributed by atoms with Crippen molar-refractivity contribution in [2.75, 3.05) is 38.2 Å². The number of likely N-dealkylation sites (N-methyl/N-ethyl adjacent to an activating group) is 1. The summed E-state index contributed by atoms with van der Waals surface area (Å²) in [5.74, 6) is 0. The number of piperazine rings is 1. The third kappa shape index (κ3) is 3.12. The molecule has 2 rings (SSSR count). The zero-order chi connectivity index (χ0) is 12.3. The molecule has 1 heterocycles. The van der Waals surface area contributed by atoms with E-state index in [4.69, 9.17) is 16.7 Å². The van der Waals surface area contributed by atoms with Gasteiger partial charge in [0.15, 0.2) is 0 Å². The highest BCUT2D eigenvalue weighted by atomic mass is 35.5. The molecule has 1 unspecified atom stereocenters. The quantitative estimate of drug-likeness (QED) is 0.892. The molecule has 1 aromatic rings. The van der Waals surface area contributed by atoms with Gasteiger partial charge in [-0.1, -0.05) is 11.6 Å². The van der Waals surface area contributed by atoms with Crippen LogP contribution in [0, 0.1) is 0 Å². The Bertz CT molecular complexity index is 355. The van der Waals surface area contributed by atoms with E-state index in [1.54, 1.807) is 0 Å². The average Bonchev–Trinajstić information content (AvgIpc) is 2.31. The first kappa shape index (κ1) is 12.7. The topological polar surface area (TPSA) is 26.7 Å². The molecule has 0 amide bonds. The predicted octanol–water partition coefficient (Wildman–Crippen LogP) is 1.84. The molecule has 3 nitrogen and oxygen atoms in total. The van der Waals surface area contributed by atoms with Crippen LogP contribution < -0.4 is 4.90 Å². The van der Waals surface area contributed by atoms with Gasteiger partial charge < -0.3 is 14.9 Å². The number of anilines is 1. The van der Waals surface area contributed by atoms with E-state index >= 15 is 0 Å². The van der Waals surface area contributed by atoms with E-state index in [0.717, 1.165) is 31.1 Å². The molecule has 1 fully saturated rings. The number of aliphatic hydroxyl groups is 1. The molecule has 0 aliphatic carbocycles. The van der Waals surface area contributed by atoms with Crippen molar-refractivity contribution in [3.05, 3.63) is 29.3 Å². The fourth-order valence-corrected chi connectivity index (χ4v) is 2.51. The SMILES string of the molecule is CN1CCN(c2ccc(Cl)cc2)C(CCO)C1. The zero-order valence-electron chi connectivity index (χ0n) is 10.1. The van der Waals surface area contributed by atoms with Gasteiger partial charge in [-0.2, -0.15) is 0 Å². The number of halogens is 1. The van der Waals surface area contributed by atoms with Crippen LogP contribution in [0.5, 0.6) is 0 Å². The molecule has 4 heteroatoms. The number of hydrogen-bond donors (Lipinski definition) is 1. The number of aliphatic hydroxyl groups excluding tert-OH is 1. The Morgan fingerprint density at radius 1 is 1.29 bits per heavy atom. The Balaban J connectivity index is 2.14. The fraction of sp³-hybridized carbons (Fsp3) is 0.538. The number of rotatable bonds is 3. The summed E-state index contributed by atoms with van der Waals surface area (Å²) in [6.07, 6.45) is 0.812. The molecule has 17 heavy (non-hydrogen) atoms. The van der Waals surface area contributed by atoms with Crippen LogP contribution in [0.15, 0.2) is 24.3 Å². The standard InChI is InChI=1S/C13H19ClN2O/c1-15-7-8-16(13(10-15)6-9-17)12-4-2-11(14)3-5-12/h2-5,13,17H,6-10H2,1H3. The molecule has 0 aromatic heterocycles. The van der Waals surface area contributed by atoms with Gasteiger partial charge >= 0.3 is 0 Å². The molecule has 1 atom stereocenters. The molecule has 1 saturated heterocycles. The van der Waals surface area contributed by atoms with E-state index in [1.807, 2.05) is 12.1 Å². The van der Waals surface area contributed by atoms with Crippen LogP contribution in [-0.4, -0.2) is 49.3 Å². The molecule has 1 aromatic carbocycles. The summed E-state index contributed by atoms with van der Waals surface area (Å²) in [5.41, 5.74) is 1.20. The lowest BCUT2D eigenvalue weighted by Crippen LogP contribution is -2.52. The van der Waals surface area contributed by atoms with Gasteiger partial charge in [-0.25, -0.2) is 0 Å². The van der Waals surface area contributed by atoms with Gasteiger partial charge in [0.05, 0.1) is 0 Å². The van der Waals surface area contributed by atoms with Gasteiger partial charge in [0, 0.05) is 43.0 Å². The molecule has 94 valence electrons. The molecule has 1 aliphatic rings. The monoisotopic (exact) mass is 254 g/mol. The van der Waals surface area contributed by atoms with Crippen LogP contribution in [0.4, 0.5) is 5.69 Å². The normalized spacial score (nSPS) is 21.8. The highest BCUT2D eigenvalue weighted by molar-refractivity contribution is 6.30. The first-order valence-corrected chi connectivity index (χ1v) is 6.40. The largest absolute Gasteiger partial charge is 0.396 e. The van der Waals surface area contributed by atoms with E-state index in [-0.39, 0.29) is 6.61 Å². The first-order chi connectivity index (χ1) is 8.20. The molecule has 1 aliphatic heterocycles. The fourth-order valence-electron chi connectivity index (χ4n) is 2.38. The van der Waals surface area contributed by atoms with Crippen molar-refractivity contribution in [1.82, 2.24) is 4.90 Å². The maximum absolute atomic E-state index is 9.15. The third-order valence-corrected chi connectivity index (χ3v) is 3.56. The molecule has 0 spiro atoms. The van der Waals surface area contributed by atoms with Crippen LogP contribution in [-0.2, 0) is 0 Å². The first-order valence-electron chi connectivity index (χ1n) is 6.02. The van der Waals surface area contributed by atoms with Crippen molar-refractivity contribution < 1.29 is 5.11 Å². The van der Waals surface area contributed by atoms with Crippen molar-refractivity contribution in [3.63, 3.8) is 0 Å². The van der Waals surface area contributed by atoms with Gasteiger partial charge in [0.1, 0.15) is 0 Å². The Hall–Kier alpha value is -0.770. The van der Waals surface area contributed by atoms with E-state index in [9.17, 15) is 0 Å². The second-order valence-corrected chi connectivity index (χ2v) is 5.03. The van der Waals surface area contributed by atoms with Crippen molar-refractivity contribution in [3.8, 4) is 0 Å². The summed E-state index contributed by atoms with van der Waals surface area (Å²) in [6.45, 7) is 3.30. The summed E-state index contributed by atoms with van der Waals surface area (Å²) in [7, 11) is 2.13. The molecular formula is C13H19ClN2O. The lowest BCUT2D eigenvalue weighted by atomic mass is 10.1. The number of hydrogen-bond acceptors (Lipinski definition) is 3. The Labute approximate surface area is 108 Å². The Morgan fingerprint density at radius 3 is 2.65 bits per heavy atom. The maximum atomic E-state index is 9.15. The highest BCUT2D eigenvalue weighted by Crippen LogP contribution is 2.23. The lowest BCUT2D eigenvalue weighted by Gasteiger charge is -2.41. The second kappa shape index (κ2) is 5.71.